The summed E-state index contributed by atoms with van der Waals surface area (Å²) in [4.78, 5) is 30.0. The van der Waals surface area contributed by atoms with Crippen molar-refractivity contribution in [3.8, 4) is 102 Å². The normalized spacial score (nSPS) is 11.9. The first-order valence-corrected chi connectivity index (χ1v) is 38.9. The minimum absolute atomic E-state index is 0.603. The SMILES string of the molecule is c1ccc(-c2nc(-c3ccccc3)nc(-c3ccc4oc5ccc(-n6c7ccccc7c7cc(-c8cccc9c8oc8ccccc89)ccc76)cc5c4c3)n2)cc1.c1ccc(-c2nc(-c3ccccc3)nc(-c3cccc4c3sc3c(-n5c6ccccc6c6cc(-c7cccc8c7oc7ccccc78)ccc65)cccc34)n2)cc1. The van der Waals surface area contributed by atoms with E-state index in [4.69, 9.17) is 43.2 Å². The van der Waals surface area contributed by atoms with Crippen LogP contribution in [0, 0.1) is 0 Å². The van der Waals surface area contributed by atoms with Gasteiger partial charge in [0.2, 0.25) is 0 Å². The number of nitrogens with zero attached hydrogens (tertiary/aromatic N) is 8. The van der Waals surface area contributed by atoms with Gasteiger partial charge in [-0.05, 0) is 108 Å². The van der Waals surface area contributed by atoms with Gasteiger partial charge in [-0.1, -0.05) is 267 Å². The molecule has 0 fully saturated rings. The molecule has 114 heavy (non-hydrogen) atoms. The zero-order valence-electron chi connectivity index (χ0n) is 60.9. The lowest BCUT2D eigenvalue weighted by Crippen LogP contribution is -2.00. The van der Waals surface area contributed by atoms with Crippen LogP contribution in [-0.2, 0) is 0 Å². The lowest BCUT2D eigenvalue weighted by molar-refractivity contribution is 0.668. The molecule has 12 heteroatoms. The highest BCUT2D eigenvalue weighted by Crippen LogP contribution is 2.47. The Hall–Kier alpha value is -15.2. The number of furan rings is 3. The first-order chi connectivity index (χ1) is 56.5. The van der Waals surface area contributed by atoms with E-state index in [1.54, 1.807) is 11.3 Å². The highest BCUT2D eigenvalue weighted by molar-refractivity contribution is 7.26. The van der Waals surface area contributed by atoms with Gasteiger partial charge in [-0.2, -0.15) is 0 Å². The molecule has 0 atom stereocenters. The highest BCUT2D eigenvalue weighted by atomic mass is 32.1. The molecule has 16 aromatic carbocycles. The van der Waals surface area contributed by atoms with E-state index in [1.807, 2.05) is 158 Å². The van der Waals surface area contributed by atoms with Crippen molar-refractivity contribution in [3.63, 3.8) is 0 Å². The van der Waals surface area contributed by atoms with Gasteiger partial charge in [0.25, 0.3) is 0 Å². The van der Waals surface area contributed by atoms with Crippen LogP contribution in [0.15, 0.2) is 377 Å². The Morgan fingerprint density at radius 2 is 0.561 bits per heavy atom. The highest BCUT2D eigenvalue weighted by Gasteiger charge is 2.24. The largest absolute Gasteiger partial charge is 0.456 e. The Labute approximate surface area is 654 Å². The summed E-state index contributed by atoms with van der Waals surface area (Å²) in [7, 11) is 0. The summed E-state index contributed by atoms with van der Waals surface area (Å²) in [6.07, 6.45) is 0. The molecule has 0 bridgehead atoms. The average Bonchev–Trinajstić information content (AvgIpc) is 1.57. The second kappa shape index (κ2) is 26.2. The third kappa shape index (κ3) is 10.6. The maximum atomic E-state index is 6.47. The number of hydrogen-bond acceptors (Lipinski definition) is 10. The lowest BCUT2D eigenvalue weighted by atomic mass is 10.0. The Bertz CT molecular complexity index is 7880. The summed E-state index contributed by atoms with van der Waals surface area (Å²) in [6, 6.07) is 126. The predicted octanol–water partition coefficient (Wildman–Crippen LogP) is 27.3. The minimum Gasteiger partial charge on any atom is -0.456 e. The summed E-state index contributed by atoms with van der Waals surface area (Å²) < 4.78 is 26.5. The molecule has 0 N–H and O–H groups in total. The molecule has 8 aromatic heterocycles. The van der Waals surface area contributed by atoms with Gasteiger partial charge in [-0.3, -0.25) is 0 Å². The van der Waals surface area contributed by atoms with Crippen LogP contribution in [-0.4, -0.2) is 39.0 Å². The van der Waals surface area contributed by atoms with Gasteiger partial charge in [0, 0.05) is 120 Å². The molecule has 0 aliphatic rings. The van der Waals surface area contributed by atoms with Crippen molar-refractivity contribution in [2.75, 3.05) is 0 Å². The van der Waals surface area contributed by atoms with Gasteiger partial charge >= 0.3 is 0 Å². The zero-order valence-corrected chi connectivity index (χ0v) is 61.7. The van der Waals surface area contributed by atoms with Gasteiger partial charge in [0.05, 0.1) is 32.5 Å². The van der Waals surface area contributed by atoms with Crippen LogP contribution in [0.1, 0.15) is 0 Å². The number of benzene rings is 16. The molecular weight excluding hydrogens is 1420 g/mol. The van der Waals surface area contributed by atoms with Gasteiger partial charge in [-0.15, -0.1) is 11.3 Å². The van der Waals surface area contributed by atoms with Crippen LogP contribution in [0.4, 0.5) is 0 Å². The zero-order chi connectivity index (χ0) is 74.9. The van der Waals surface area contributed by atoms with Crippen LogP contribution in [0.2, 0.25) is 0 Å². The lowest BCUT2D eigenvalue weighted by Gasteiger charge is -2.10. The fourth-order valence-corrected chi connectivity index (χ4v) is 18.1. The Kier molecular flexibility index (Phi) is 14.9. The smallest absolute Gasteiger partial charge is 0.165 e. The van der Waals surface area contributed by atoms with E-state index in [0.29, 0.717) is 34.9 Å². The molecule has 8 heterocycles. The summed E-state index contributed by atoms with van der Waals surface area (Å²) in [6.45, 7) is 0. The third-order valence-corrected chi connectivity index (χ3v) is 23.4. The second-order valence-electron chi connectivity index (χ2n) is 28.7. The second-order valence-corrected chi connectivity index (χ2v) is 29.8. The summed E-state index contributed by atoms with van der Waals surface area (Å²) >= 11 is 1.80. The van der Waals surface area contributed by atoms with Crippen molar-refractivity contribution >= 4 is 141 Å². The Morgan fingerprint density at radius 1 is 0.202 bits per heavy atom. The van der Waals surface area contributed by atoms with Crippen molar-refractivity contribution in [1.29, 1.82) is 0 Å². The maximum absolute atomic E-state index is 6.47. The van der Waals surface area contributed by atoms with Crippen LogP contribution < -0.4 is 0 Å². The monoisotopic (exact) mass is 1480 g/mol. The fourth-order valence-electron chi connectivity index (χ4n) is 16.8. The van der Waals surface area contributed by atoms with Crippen LogP contribution in [0.5, 0.6) is 0 Å². The van der Waals surface area contributed by atoms with Crippen LogP contribution in [0.3, 0.4) is 0 Å². The molecule has 0 saturated carbocycles. The molecule has 24 aromatic rings. The molecule has 0 aliphatic carbocycles. The maximum Gasteiger partial charge on any atom is 0.165 e. The van der Waals surface area contributed by atoms with Gasteiger partial charge in [-0.25, -0.2) is 29.9 Å². The summed E-state index contributed by atoms with van der Waals surface area (Å²) in [5, 5.41) is 13.7. The van der Waals surface area contributed by atoms with E-state index in [1.165, 1.54) is 37.0 Å². The molecule has 0 radical (unpaired) electrons. The minimum atomic E-state index is 0.603. The topological polar surface area (TPSA) is 127 Å². The fraction of sp³-hybridized carbons (Fsp3) is 0. The predicted molar refractivity (Wildman–Crippen MR) is 467 cm³/mol. The van der Waals surface area contributed by atoms with Crippen molar-refractivity contribution in [1.82, 2.24) is 39.0 Å². The molecule has 0 aliphatic heterocycles. The van der Waals surface area contributed by atoms with Gasteiger partial charge < -0.3 is 22.4 Å². The first-order valence-electron chi connectivity index (χ1n) is 38.0. The van der Waals surface area contributed by atoms with E-state index in [2.05, 4.69) is 215 Å². The summed E-state index contributed by atoms with van der Waals surface area (Å²) in [5.41, 5.74) is 22.1. The van der Waals surface area contributed by atoms with Crippen molar-refractivity contribution in [2.45, 2.75) is 0 Å². The summed E-state index contributed by atoms with van der Waals surface area (Å²) in [5.74, 6) is 3.82. The number of aromatic nitrogens is 8. The molecule has 0 unspecified atom stereocenters. The first kappa shape index (κ1) is 64.7. The van der Waals surface area contributed by atoms with Gasteiger partial charge in [0.1, 0.15) is 33.5 Å². The quantitative estimate of drug-likeness (QED) is 0.131. The standard InChI is InChI=1S/C51H30N4O2.C51H30N4OS/c1-3-12-31(13-4-1)49-52-50(32-14-5-2-6-15-32)54-51(53-49)34-23-26-46-41(29-34)42-30-35(24-27-47(42)56-46)55-43-20-9-7-16-37(43)40-28-33(22-25-44(40)55)36-18-11-19-39-38-17-8-10-21-45(38)57-48(36)39;1-3-14-31(15-4-1)49-52-50(32-16-5-2-6-17-32)54-51(53-49)40-24-12-22-38-39-23-13-26-44(48(39)57-47(38)40)55-42-25-9-7-18-35(42)41-30-33(28-29-43(41)55)34-20-11-21-37-36-19-8-10-27-45(36)56-46(34)37/h2*1-30H. The van der Waals surface area contributed by atoms with E-state index in [9.17, 15) is 0 Å². The van der Waals surface area contributed by atoms with E-state index < -0.39 is 0 Å². The number of fused-ring (bicyclic) bond motifs is 18. The average molecular weight is 1480 g/mol. The third-order valence-electron chi connectivity index (χ3n) is 22.1. The van der Waals surface area contributed by atoms with Crippen molar-refractivity contribution in [2.24, 2.45) is 0 Å². The Balaban J connectivity index is 0.000000135. The van der Waals surface area contributed by atoms with E-state index in [-0.39, 0.29) is 0 Å². The molecule has 24 rings (SSSR count). The number of rotatable bonds is 10. The van der Waals surface area contributed by atoms with Crippen molar-refractivity contribution < 1.29 is 13.3 Å². The molecule has 11 nitrogen and oxygen atoms in total. The number of hydrogen-bond donors (Lipinski definition) is 0. The molecule has 0 spiro atoms. The van der Waals surface area contributed by atoms with Crippen LogP contribution >= 0.6 is 11.3 Å². The molecule has 0 amide bonds. The van der Waals surface area contributed by atoms with Gasteiger partial charge in [0.15, 0.2) is 34.9 Å². The molecule has 0 saturated heterocycles. The van der Waals surface area contributed by atoms with Crippen LogP contribution in [0.25, 0.3) is 232 Å². The Morgan fingerprint density at radius 3 is 1.09 bits per heavy atom. The van der Waals surface area contributed by atoms with E-state index in [0.717, 1.165) is 160 Å². The number of para-hydroxylation sites is 6. The van der Waals surface area contributed by atoms with E-state index >= 15 is 0 Å². The number of thiophene rings is 1. The molecular formula is C102H60N8O3S. The molecule has 532 valence electrons. The van der Waals surface area contributed by atoms with Crippen molar-refractivity contribution in [3.05, 3.63) is 364 Å².